The third-order valence-corrected chi connectivity index (χ3v) is 7.58. The molecule has 3 aromatic carbocycles. The van der Waals surface area contributed by atoms with E-state index in [1.807, 2.05) is 19.2 Å². The van der Waals surface area contributed by atoms with E-state index in [0.29, 0.717) is 23.6 Å². The molecule has 0 saturated carbocycles. The summed E-state index contributed by atoms with van der Waals surface area (Å²) in [6, 6.07) is 22.0. The van der Waals surface area contributed by atoms with Gasteiger partial charge < -0.3 is 15.2 Å². The van der Waals surface area contributed by atoms with Crippen molar-refractivity contribution in [3.05, 3.63) is 84.4 Å². The summed E-state index contributed by atoms with van der Waals surface area (Å²) >= 11 is 1.51. The van der Waals surface area contributed by atoms with Crippen molar-refractivity contribution < 1.29 is 23.1 Å². The summed E-state index contributed by atoms with van der Waals surface area (Å²) in [6.07, 6.45) is 1.00. The van der Waals surface area contributed by atoms with Gasteiger partial charge in [-0.25, -0.2) is 8.42 Å². The van der Waals surface area contributed by atoms with Gasteiger partial charge in [-0.15, -0.1) is 11.8 Å². The number of rotatable bonds is 11. The van der Waals surface area contributed by atoms with Gasteiger partial charge in [-0.3, -0.25) is 9.10 Å². The SMILES string of the molecule is CCOc1ccc(N(CC(=O)NC[C@H](O)c2ccccc2)S(=O)(=O)c2ccc(SC)cc2)cc1. The maximum Gasteiger partial charge on any atom is 0.264 e. The Labute approximate surface area is 204 Å². The van der Waals surface area contributed by atoms with Crippen LogP contribution in [0.4, 0.5) is 5.69 Å². The third kappa shape index (κ3) is 6.53. The van der Waals surface area contributed by atoms with Crippen LogP contribution in [0.5, 0.6) is 5.75 Å². The molecule has 2 N–H and O–H groups in total. The van der Waals surface area contributed by atoms with E-state index >= 15 is 0 Å². The molecule has 0 bridgehead atoms. The predicted octanol–water partition coefficient (Wildman–Crippen LogP) is 3.85. The Morgan fingerprint density at radius 1 is 1.03 bits per heavy atom. The molecule has 3 rings (SSSR count). The van der Waals surface area contributed by atoms with E-state index in [1.54, 1.807) is 60.7 Å². The number of carbonyl (C=O) groups is 1. The maximum atomic E-state index is 13.5. The number of aliphatic hydroxyl groups is 1. The first kappa shape index (κ1) is 25.6. The molecule has 0 radical (unpaired) electrons. The summed E-state index contributed by atoms with van der Waals surface area (Å²) in [5, 5.41) is 13.0. The topological polar surface area (TPSA) is 95.9 Å². The summed E-state index contributed by atoms with van der Waals surface area (Å²) in [5.74, 6) is 0.0662. The highest BCUT2D eigenvalue weighted by Crippen LogP contribution is 2.27. The van der Waals surface area contributed by atoms with Crippen LogP contribution in [0.2, 0.25) is 0 Å². The molecule has 0 aliphatic heterocycles. The van der Waals surface area contributed by atoms with Crippen LogP contribution in [0.3, 0.4) is 0 Å². The molecule has 0 heterocycles. The summed E-state index contributed by atoms with van der Waals surface area (Å²) in [7, 11) is -4.03. The lowest BCUT2D eigenvalue weighted by Gasteiger charge is -2.24. The van der Waals surface area contributed by atoms with Crippen LogP contribution in [-0.2, 0) is 14.8 Å². The van der Waals surface area contributed by atoms with Gasteiger partial charge in [0.05, 0.1) is 23.3 Å². The van der Waals surface area contributed by atoms with E-state index in [9.17, 15) is 18.3 Å². The quantitative estimate of drug-likeness (QED) is 0.388. The zero-order valence-electron chi connectivity index (χ0n) is 19.0. The van der Waals surface area contributed by atoms with E-state index in [-0.39, 0.29) is 11.4 Å². The average molecular weight is 501 g/mol. The largest absolute Gasteiger partial charge is 0.494 e. The number of hydrogen-bond donors (Lipinski definition) is 2. The van der Waals surface area contributed by atoms with Gasteiger partial charge in [0.25, 0.3) is 10.0 Å². The number of sulfonamides is 1. The fraction of sp³-hybridized carbons (Fsp3) is 0.240. The van der Waals surface area contributed by atoms with Crippen LogP contribution in [0.15, 0.2) is 88.7 Å². The Balaban J connectivity index is 1.82. The molecule has 180 valence electrons. The maximum absolute atomic E-state index is 13.5. The Hall–Kier alpha value is -3.01. The number of ether oxygens (including phenoxy) is 1. The van der Waals surface area contributed by atoms with Crippen LogP contribution < -0.4 is 14.4 Å². The van der Waals surface area contributed by atoms with Gasteiger partial charge in [-0.2, -0.15) is 0 Å². The van der Waals surface area contributed by atoms with Gasteiger partial charge in [0, 0.05) is 11.4 Å². The first-order valence-electron chi connectivity index (χ1n) is 10.7. The molecule has 9 heteroatoms. The molecule has 0 aliphatic carbocycles. The normalized spacial score (nSPS) is 12.1. The highest BCUT2D eigenvalue weighted by Gasteiger charge is 2.27. The van der Waals surface area contributed by atoms with E-state index in [1.165, 1.54) is 23.9 Å². The zero-order valence-corrected chi connectivity index (χ0v) is 20.7. The number of nitrogens with zero attached hydrogens (tertiary/aromatic N) is 1. The molecular formula is C25H28N2O5S2. The Kier molecular flexibility index (Phi) is 8.98. The molecule has 3 aromatic rings. The molecule has 0 saturated heterocycles. The first-order chi connectivity index (χ1) is 16.3. The minimum Gasteiger partial charge on any atom is -0.494 e. The Bertz CT molecular complexity index is 1170. The smallest absolute Gasteiger partial charge is 0.264 e. The Morgan fingerprint density at radius 3 is 2.26 bits per heavy atom. The molecule has 0 aliphatic rings. The number of anilines is 1. The van der Waals surface area contributed by atoms with E-state index in [2.05, 4.69) is 5.32 Å². The van der Waals surface area contributed by atoms with Gasteiger partial charge in [0.15, 0.2) is 0 Å². The van der Waals surface area contributed by atoms with E-state index < -0.39 is 28.6 Å². The van der Waals surface area contributed by atoms with Crippen molar-refractivity contribution in [1.82, 2.24) is 5.32 Å². The van der Waals surface area contributed by atoms with Crippen molar-refractivity contribution >= 4 is 33.4 Å². The molecule has 0 aromatic heterocycles. The second-order valence-corrected chi connectivity index (χ2v) is 10.1. The summed E-state index contributed by atoms with van der Waals surface area (Å²) in [4.78, 5) is 13.8. The molecule has 0 unspecified atom stereocenters. The van der Waals surface area contributed by atoms with Gasteiger partial charge >= 0.3 is 0 Å². The monoisotopic (exact) mass is 500 g/mol. The highest BCUT2D eigenvalue weighted by atomic mass is 32.2. The minimum absolute atomic E-state index is 0.0393. The number of hydrogen-bond acceptors (Lipinski definition) is 6. The average Bonchev–Trinajstić information content (AvgIpc) is 2.87. The van der Waals surface area contributed by atoms with Gasteiger partial charge in [-0.05, 0) is 67.3 Å². The molecule has 0 spiro atoms. The fourth-order valence-corrected chi connectivity index (χ4v) is 5.08. The highest BCUT2D eigenvalue weighted by molar-refractivity contribution is 7.98. The molecule has 34 heavy (non-hydrogen) atoms. The number of benzene rings is 3. The van der Waals surface area contributed by atoms with Gasteiger partial charge in [0.1, 0.15) is 12.3 Å². The third-order valence-electron chi connectivity index (χ3n) is 5.05. The predicted molar refractivity (Wildman–Crippen MR) is 135 cm³/mol. The van der Waals surface area contributed by atoms with Crippen molar-refractivity contribution in [2.75, 3.05) is 30.3 Å². The molecule has 1 amide bonds. The zero-order chi connectivity index (χ0) is 24.6. The van der Waals surface area contributed by atoms with Crippen molar-refractivity contribution in [3.63, 3.8) is 0 Å². The fourth-order valence-electron chi connectivity index (χ4n) is 3.26. The number of thioether (sulfide) groups is 1. The molecule has 1 atom stereocenters. The van der Waals surface area contributed by atoms with Crippen LogP contribution in [0.25, 0.3) is 0 Å². The number of nitrogens with one attached hydrogen (secondary N) is 1. The second kappa shape index (κ2) is 11.9. The Morgan fingerprint density at radius 2 is 1.68 bits per heavy atom. The summed E-state index contributed by atoms with van der Waals surface area (Å²) < 4.78 is 33.5. The lowest BCUT2D eigenvalue weighted by Crippen LogP contribution is -2.42. The lowest BCUT2D eigenvalue weighted by molar-refractivity contribution is -0.120. The molecule has 7 nitrogen and oxygen atoms in total. The van der Waals surface area contributed by atoms with Crippen molar-refractivity contribution in [2.24, 2.45) is 0 Å². The minimum atomic E-state index is -4.03. The molecule has 0 fully saturated rings. The van der Waals surface area contributed by atoms with Crippen LogP contribution in [0.1, 0.15) is 18.6 Å². The number of carbonyl (C=O) groups excluding carboxylic acids is 1. The van der Waals surface area contributed by atoms with E-state index in [0.717, 1.165) is 9.20 Å². The first-order valence-corrected chi connectivity index (χ1v) is 13.4. The van der Waals surface area contributed by atoms with Crippen molar-refractivity contribution in [3.8, 4) is 5.75 Å². The van der Waals surface area contributed by atoms with E-state index in [4.69, 9.17) is 4.74 Å². The standard InChI is InChI=1S/C25H28N2O5S2/c1-3-32-21-11-9-20(10-12-21)27(34(30,31)23-15-13-22(33-2)14-16-23)18-25(29)26-17-24(28)19-7-5-4-6-8-19/h4-16,24,28H,3,17-18H2,1-2H3,(H,26,29)/t24-/m0/s1. The summed E-state index contributed by atoms with van der Waals surface area (Å²) in [6.45, 7) is 1.86. The second-order valence-electron chi connectivity index (χ2n) is 7.34. The van der Waals surface area contributed by atoms with Gasteiger partial charge in [-0.1, -0.05) is 30.3 Å². The van der Waals surface area contributed by atoms with Crippen molar-refractivity contribution in [1.29, 1.82) is 0 Å². The lowest BCUT2D eigenvalue weighted by atomic mass is 10.1. The van der Waals surface area contributed by atoms with Crippen molar-refractivity contribution in [2.45, 2.75) is 22.8 Å². The van der Waals surface area contributed by atoms with Crippen LogP contribution in [0, 0.1) is 0 Å². The van der Waals surface area contributed by atoms with Crippen LogP contribution in [-0.4, -0.2) is 45.4 Å². The number of amides is 1. The molecular weight excluding hydrogens is 472 g/mol. The van der Waals surface area contributed by atoms with Gasteiger partial charge in [0.2, 0.25) is 5.91 Å². The number of aliphatic hydroxyl groups excluding tert-OH is 1. The van der Waals surface area contributed by atoms with Crippen LogP contribution >= 0.6 is 11.8 Å². The summed E-state index contributed by atoms with van der Waals surface area (Å²) in [5.41, 5.74) is 0.990.